The lowest BCUT2D eigenvalue weighted by molar-refractivity contribution is -0.121. The first kappa shape index (κ1) is 14.7. The lowest BCUT2D eigenvalue weighted by Crippen LogP contribution is -2.23. The van der Waals surface area contributed by atoms with Crippen molar-refractivity contribution in [2.75, 3.05) is 6.54 Å². The Morgan fingerprint density at radius 1 is 1.39 bits per heavy atom. The highest BCUT2D eigenvalue weighted by Crippen LogP contribution is 2.09. The van der Waals surface area contributed by atoms with Crippen LogP contribution in [-0.4, -0.2) is 12.5 Å². The predicted molar refractivity (Wildman–Crippen MR) is 75.1 cm³/mol. The van der Waals surface area contributed by atoms with Crippen LogP contribution in [0.5, 0.6) is 0 Å². The van der Waals surface area contributed by atoms with E-state index in [0.717, 1.165) is 18.4 Å². The highest BCUT2D eigenvalue weighted by Gasteiger charge is 2.06. The Bertz CT molecular complexity index is 377. The topological polar surface area (TPSA) is 55.1 Å². The second kappa shape index (κ2) is 7.88. The molecule has 0 bridgehead atoms. The van der Waals surface area contributed by atoms with Gasteiger partial charge in [0.2, 0.25) is 5.91 Å². The van der Waals surface area contributed by atoms with Crippen molar-refractivity contribution in [2.24, 2.45) is 11.7 Å². The highest BCUT2D eigenvalue weighted by atomic mass is 16.1. The van der Waals surface area contributed by atoms with E-state index in [4.69, 9.17) is 5.73 Å². The van der Waals surface area contributed by atoms with Gasteiger partial charge in [-0.2, -0.15) is 0 Å². The fourth-order valence-corrected chi connectivity index (χ4v) is 1.92. The summed E-state index contributed by atoms with van der Waals surface area (Å²) in [6.45, 7) is 5.51. The van der Waals surface area contributed by atoms with Crippen LogP contribution in [-0.2, 0) is 11.3 Å². The smallest absolute Gasteiger partial charge is 0.220 e. The Morgan fingerprint density at radius 3 is 2.83 bits per heavy atom. The molecule has 0 saturated heterocycles. The number of carbonyl (C=O) groups is 1. The van der Waals surface area contributed by atoms with E-state index in [-0.39, 0.29) is 5.91 Å². The second-order valence-corrected chi connectivity index (χ2v) is 4.99. The first-order chi connectivity index (χ1) is 8.61. The van der Waals surface area contributed by atoms with Gasteiger partial charge in [-0.1, -0.05) is 36.8 Å². The first-order valence-electron chi connectivity index (χ1n) is 6.64. The van der Waals surface area contributed by atoms with Gasteiger partial charge in [0.1, 0.15) is 0 Å². The van der Waals surface area contributed by atoms with Gasteiger partial charge in [0.05, 0.1) is 0 Å². The number of benzene rings is 1. The molecule has 0 aliphatic heterocycles. The Balaban J connectivity index is 2.25. The molecule has 0 saturated carbocycles. The van der Waals surface area contributed by atoms with Crippen molar-refractivity contribution in [1.82, 2.24) is 5.32 Å². The van der Waals surface area contributed by atoms with Crippen molar-refractivity contribution in [1.29, 1.82) is 0 Å². The van der Waals surface area contributed by atoms with E-state index in [1.807, 2.05) is 12.1 Å². The summed E-state index contributed by atoms with van der Waals surface area (Å²) >= 11 is 0. The molecule has 3 heteroatoms. The van der Waals surface area contributed by atoms with Gasteiger partial charge in [0, 0.05) is 13.0 Å². The monoisotopic (exact) mass is 248 g/mol. The fourth-order valence-electron chi connectivity index (χ4n) is 1.92. The molecule has 0 aliphatic rings. The third-order valence-corrected chi connectivity index (χ3v) is 3.10. The van der Waals surface area contributed by atoms with Crippen LogP contribution in [0, 0.1) is 12.8 Å². The number of amides is 1. The van der Waals surface area contributed by atoms with Crippen LogP contribution in [0.3, 0.4) is 0 Å². The molecule has 1 amide bonds. The summed E-state index contributed by atoms with van der Waals surface area (Å²) in [7, 11) is 0. The lowest BCUT2D eigenvalue weighted by atomic mass is 10.0. The van der Waals surface area contributed by atoms with Crippen LogP contribution in [0.2, 0.25) is 0 Å². The molecule has 1 rings (SSSR count). The molecule has 0 fully saturated rings. The molecule has 1 aromatic carbocycles. The van der Waals surface area contributed by atoms with Crippen molar-refractivity contribution in [3.63, 3.8) is 0 Å². The van der Waals surface area contributed by atoms with Crippen molar-refractivity contribution >= 4 is 5.91 Å². The first-order valence-corrected chi connectivity index (χ1v) is 6.64. The number of aryl methyl sites for hydroxylation is 1. The van der Waals surface area contributed by atoms with E-state index >= 15 is 0 Å². The maximum Gasteiger partial charge on any atom is 0.220 e. The van der Waals surface area contributed by atoms with Gasteiger partial charge in [-0.25, -0.2) is 0 Å². The normalized spacial score (nSPS) is 12.2. The molecule has 3 N–H and O–H groups in total. The number of hydrogen-bond acceptors (Lipinski definition) is 2. The van der Waals surface area contributed by atoms with Gasteiger partial charge in [0.25, 0.3) is 0 Å². The van der Waals surface area contributed by atoms with Crippen molar-refractivity contribution < 1.29 is 4.79 Å². The number of carbonyl (C=O) groups excluding carboxylic acids is 1. The fraction of sp³-hybridized carbons (Fsp3) is 0.533. The average Bonchev–Trinajstić information content (AvgIpc) is 2.34. The zero-order valence-electron chi connectivity index (χ0n) is 11.4. The summed E-state index contributed by atoms with van der Waals surface area (Å²) in [6, 6.07) is 8.20. The third-order valence-electron chi connectivity index (χ3n) is 3.10. The zero-order valence-corrected chi connectivity index (χ0v) is 11.4. The van der Waals surface area contributed by atoms with Crippen molar-refractivity contribution in [2.45, 2.75) is 39.7 Å². The van der Waals surface area contributed by atoms with Gasteiger partial charge < -0.3 is 11.1 Å². The van der Waals surface area contributed by atoms with Crippen LogP contribution < -0.4 is 11.1 Å². The maximum absolute atomic E-state index is 11.7. The van der Waals surface area contributed by atoms with E-state index in [2.05, 4.69) is 31.3 Å². The average molecular weight is 248 g/mol. The van der Waals surface area contributed by atoms with Gasteiger partial charge in [-0.05, 0) is 37.8 Å². The molecular formula is C15H24N2O. The standard InChI is InChI=1S/C15H24N2O/c1-12(8-9-16)6-7-15(18)17-11-14-5-3-4-13(2)10-14/h3-5,10,12H,6-9,11,16H2,1-2H3,(H,17,18). The number of nitrogens with one attached hydrogen (secondary N) is 1. The van der Waals surface area contributed by atoms with Gasteiger partial charge in [-0.3, -0.25) is 4.79 Å². The summed E-state index contributed by atoms with van der Waals surface area (Å²) < 4.78 is 0. The van der Waals surface area contributed by atoms with E-state index in [1.54, 1.807) is 0 Å². The molecule has 0 spiro atoms. The Labute approximate surface area is 110 Å². The summed E-state index contributed by atoms with van der Waals surface area (Å²) in [6.07, 6.45) is 2.50. The minimum Gasteiger partial charge on any atom is -0.352 e. The highest BCUT2D eigenvalue weighted by molar-refractivity contribution is 5.75. The van der Waals surface area contributed by atoms with E-state index in [1.165, 1.54) is 5.56 Å². The quantitative estimate of drug-likeness (QED) is 0.778. The van der Waals surface area contributed by atoms with Crippen LogP contribution >= 0.6 is 0 Å². The molecule has 0 heterocycles. The minimum atomic E-state index is 0.125. The second-order valence-electron chi connectivity index (χ2n) is 4.99. The molecule has 0 aromatic heterocycles. The van der Waals surface area contributed by atoms with Gasteiger partial charge in [0.15, 0.2) is 0 Å². The molecule has 100 valence electrons. The molecular weight excluding hydrogens is 224 g/mol. The van der Waals surface area contributed by atoms with E-state index < -0.39 is 0 Å². The summed E-state index contributed by atoms with van der Waals surface area (Å²) in [5.74, 6) is 0.653. The maximum atomic E-state index is 11.7. The third kappa shape index (κ3) is 5.82. The summed E-state index contributed by atoms with van der Waals surface area (Å²) in [5.41, 5.74) is 7.86. The van der Waals surface area contributed by atoms with Gasteiger partial charge in [-0.15, -0.1) is 0 Å². The Kier molecular flexibility index (Phi) is 6.44. The Hall–Kier alpha value is -1.35. The van der Waals surface area contributed by atoms with Crippen molar-refractivity contribution in [3.05, 3.63) is 35.4 Å². The van der Waals surface area contributed by atoms with E-state index in [0.29, 0.717) is 25.4 Å². The number of nitrogens with two attached hydrogens (primary N) is 1. The zero-order chi connectivity index (χ0) is 13.4. The molecule has 18 heavy (non-hydrogen) atoms. The summed E-state index contributed by atoms with van der Waals surface area (Å²) in [5, 5.41) is 2.95. The lowest BCUT2D eigenvalue weighted by Gasteiger charge is -2.10. The van der Waals surface area contributed by atoms with Crippen LogP contribution in [0.25, 0.3) is 0 Å². The molecule has 3 nitrogen and oxygen atoms in total. The number of rotatable bonds is 7. The molecule has 0 radical (unpaired) electrons. The molecule has 0 aliphatic carbocycles. The van der Waals surface area contributed by atoms with Gasteiger partial charge >= 0.3 is 0 Å². The number of hydrogen-bond donors (Lipinski definition) is 2. The minimum absolute atomic E-state index is 0.125. The predicted octanol–water partition coefficient (Wildman–Crippen LogP) is 2.38. The van der Waals surface area contributed by atoms with Crippen molar-refractivity contribution in [3.8, 4) is 0 Å². The van der Waals surface area contributed by atoms with Crippen LogP contribution in [0.1, 0.15) is 37.3 Å². The van der Waals surface area contributed by atoms with Crippen LogP contribution in [0.4, 0.5) is 0 Å². The summed E-state index contributed by atoms with van der Waals surface area (Å²) in [4.78, 5) is 11.7. The Morgan fingerprint density at radius 2 is 2.17 bits per heavy atom. The molecule has 1 atom stereocenters. The van der Waals surface area contributed by atoms with E-state index in [9.17, 15) is 4.79 Å². The SMILES string of the molecule is Cc1cccc(CNC(=O)CCC(C)CCN)c1. The molecule has 1 unspecified atom stereocenters. The molecule has 1 aromatic rings. The largest absolute Gasteiger partial charge is 0.352 e. The van der Waals surface area contributed by atoms with Crippen LogP contribution in [0.15, 0.2) is 24.3 Å².